The summed E-state index contributed by atoms with van der Waals surface area (Å²) in [6, 6.07) is 3.69. The largest absolute Gasteiger partial charge is 0.496 e. The van der Waals surface area contributed by atoms with Crippen LogP contribution in [0.3, 0.4) is 0 Å². The van der Waals surface area contributed by atoms with Crippen LogP contribution < -0.4 is 4.74 Å². The predicted molar refractivity (Wildman–Crippen MR) is 71.9 cm³/mol. The lowest BCUT2D eigenvalue weighted by Gasteiger charge is -2.19. The van der Waals surface area contributed by atoms with Gasteiger partial charge in [-0.2, -0.15) is 12.6 Å². The lowest BCUT2D eigenvalue weighted by Crippen LogP contribution is -2.19. The Morgan fingerprint density at radius 1 is 1.24 bits per heavy atom. The van der Waals surface area contributed by atoms with E-state index < -0.39 is 12.2 Å². The second kappa shape index (κ2) is 6.28. The normalized spacial score (nSPS) is 14.5. The molecule has 0 aliphatic carbocycles. The molecule has 0 aliphatic heterocycles. The topological polar surface area (TPSA) is 49.7 Å². The molecule has 0 radical (unpaired) electrons. The van der Waals surface area contributed by atoms with Crippen molar-refractivity contribution in [3.63, 3.8) is 0 Å². The molecule has 0 aromatic heterocycles. The number of aliphatic hydroxyl groups is 2. The molecule has 0 bridgehead atoms. The van der Waals surface area contributed by atoms with Crippen molar-refractivity contribution in [2.45, 2.75) is 32.5 Å². The Morgan fingerprint density at radius 3 is 2.18 bits per heavy atom. The molecule has 1 aromatic carbocycles. The Balaban J connectivity index is 2.99. The van der Waals surface area contributed by atoms with Crippen LogP contribution in [0.25, 0.3) is 0 Å². The highest BCUT2D eigenvalue weighted by Crippen LogP contribution is 2.29. The zero-order valence-electron chi connectivity index (χ0n) is 10.5. The SMILES string of the molecule is COc1c(C)cc(C(O)C(O)CCS)cc1C. The van der Waals surface area contributed by atoms with Gasteiger partial charge >= 0.3 is 0 Å². The summed E-state index contributed by atoms with van der Waals surface area (Å²) in [4.78, 5) is 0. The molecule has 96 valence electrons. The van der Waals surface area contributed by atoms with Gasteiger partial charge in [0.2, 0.25) is 0 Å². The van der Waals surface area contributed by atoms with Crippen LogP contribution in [-0.2, 0) is 0 Å². The fourth-order valence-corrected chi connectivity index (χ4v) is 2.25. The average Bonchev–Trinajstić information content (AvgIpc) is 2.27. The lowest BCUT2D eigenvalue weighted by atomic mass is 9.98. The maximum Gasteiger partial charge on any atom is 0.124 e. The molecule has 4 heteroatoms. The van der Waals surface area contributed by atoms with Crippen molar-refractivity contribution in [2.24, 2.45) is 0 Å². The van der Waals surface area contributed by atoms with Crippen molar-refractivity contribution in [1.82, 2.24) is 0 Å². The smallest absolute Gasteiger partial charge is 0.124 e. The van der Waals surface area contributed by atoms with Crippen molar-refractivity contribution >= 4 is 12.6 Å². The summed E-state index contributed by atoms with van der Waals surface area (Å²) in [5, 5.41) is 19.8. The van der Waals surface area contributed by atoms with Gasteiger partial charge in [0.05, 0.1) is 13.2 Å². The van der Waals surface area contributed by atoms with E-state index in [1.807, 2.05) is 26.0 Å². The van der Waals surface area contributed by atoms with Gasteiger partial charge in [-0.15, -0.1) is 0 Å². The molecule has 1 rings (SSSR count). The van der Waals surface area contributed by atoms with Crippen LogP contribution >= 0.6 is 12.6 Å². The molecular formula is C13H20O3S. The minimum atomic E-state index is -0.870. The minimum Gasteiger partial charge on any atom is -0.496 e. The highest BCUT2D eigenvalue weighted by atomic mass is 32.1. The van der Waals surface area contributed by atoms with Crippen molar-refractivity contribution in [3.05, 3.63) is 28.8 Å². The number of benzene rings is 1. The first-order chi connectivity index (χ1) is 8.01. The van der Waals surface area contributed by atoms with E-state index in [9.17, 15) is 10.2 Å². The Hall–Kier alpha value is -0.710. The molecule has 0 aliphatic rings. The first-order valence-electron chi connectivity index (χ1n) is 5.63. The van der Waals surface area contributed by atoms with Gasteiger partial charge in [-0.3, -0.25) is 0 Å². The van der Waals surface area contributed by atoms with Crippen LogP contribution in [0.15, 0.2) is 12.1 Å². The van der Waals surface area contributed by atoms with Crippen molar-refractivity contribution in [1.29, 1.82) is 0 Å². The molecular weight excluding hydrogens is 236 g/mol. The summed E-state index contributed by atoms with van der Waals surface area (Å²) in [5.74, 6) is 1.37. The molecule has 0 heterocycles. The number of hydrogen-bond donors (Lipinski definition) is 3. The fraction of sp³-hybridized carbons (Fsp3) is 0.538. The molecule has 0 saturated heterocycles. The summed E-state index contributed by atoms with van der Waals surface area (Å²) in [5.41, 5.74) is 2.63. The molecule has 0 spiro atoms. The number of rotatable bonds is 5. The van der Waals surface area contributed by atoms with E-state index in [0.717, 1.165) is 22.4 Å². The minimum absolute atomic E-state index is 0.467. The second-order valence-corrected chi connectivity index (χ2v) is 4.66. The van der Waals surface area contributed by atoms with Crippen molar-refractivity contribution in [3.8, 4) is 5.75 Å². The first kappa shape index (κ1) is 14.4. The molecule has 2 unspecified atom stereocenters. The second-order valence-electron chi connectivity index (χ2n) is 4.21. The van der Waals surface area contributed by atoms with Gasteiger partial charge in [0, 0.05) is 0 Å². The standard InChI is InChI=1S/C13H20O3S/c1-8-6-10(7-9(2)13(8)16-3)12(15)11(14)4-5-17/h6-7,11-12,14-15,17H,4-5H2,1-3H3. The molecule has 0 saturated carbocycles. The Kier molecular flexibility index (Phi) is 5.31. The molecule has 0 fully saturated rings. The van der Waals surface area contributed by atoms with E-state index in [-0.39, 0.29) is 0 Å². The molecule has 1 aromatic rings. The molecule has 0 amide bonds. The summed E-state index contributed by atoms with van der Waals surface area (Å²) < 4.78 is 5.26. The third-order valence-corrected chi connectivity index (χ3v) is 3.08. The zero-order valence-corrected chi connectivity index (χ0v) is 11.4. The van der Waals surface area contributed by atoms with Gasteiger partial charge in [-0.1, -0.05) is 0 Å². The van der Waals surface area contributed by atoms with Gasteiger partial charge in [0.15, 0.2) is 0 Å². The van der Waals surface area contributed by atoms with E-state index in [4.69, 9.17) is 4.74 Å². The van der Waals surface area contributed by atoms with Crippen LogP contribution in [0.1, 0.15) is 29.2 Å². The maximum atomic E-state index is 10.0. The molecule has 2 N–H and O–H groups in total. The summed E-state index contributed by atoms with van der Waals surface area (Å²) in [6.07, 6.45) is -1.18. The zero-order chi connectivity index (χ0) is 13.0. The van der Waals surface area contributed by atoms with E-state index in [0.29, 0.717) is 12.2 Å². The van der Waals surface area contributed by atoms with E-state index in [2.05, 4.69) is 12.6 Å². The van der Waals surface area contributed by atoms with Gasteiger partial charge in [0.1, 0.15) is 11.9 Å². The van der Waals surface area contributed by atoms with Crippen LogP contribution in [-0.4, -0.2) is 29.2 Å². The lowest BCUT2D eigenvalue weighted by molar-refractivity contribution is 0.0171. The highest BCUT2D eigenvalue weighted by molar-refractivity contribution is 7.80. The monoisotopic (exact) mass is 256 g/mol. The van der Waals surface area contributed by atoms with Crippen LogP contribution in [0, 0.1) is 13.8 Å². The number of aliphatic hydroxyl groups excluding tert-OH is 2. The summed E-state index contributed by atoms with van der Waals surface area (Å²) in [6.45, 7) is 3.85. The highest BCUT2D eigenvalue weighted by Gasteiger charge is 2.19. The molecule has 3 nitrogen and oxygen atoms in total. The third kappa shape index (κ3) is 3.37. The quantitative estimate of drug-likeness (QED) is 0.707. The number of methoxy groups -OCH3 is 1. The number of ether oxygens (including phenoxy) is 1. The Bertz CT molecular complexity index is 356. The van der Waals surface area contributed by atoms with Gasteiger partial charge in [-0.05, 0) is 54.8 Å². The van der Waals surface area contributed by atoms with E-state index in [1.54, 1.807) is 7.11 Å². The number of thiol groups is 1. The number of aryl methyl sites for hydroxylation is 2. The molecule has 2 atom stereocenters. The van der Waals surface area contributed by atoms with Gasteiger partial charge in [0.25, 0.3) is 0 Å². The summed E-state index contributed by atoms with van der Waals surface area (Å²) >= 11 is 4.05. The van der Waals surface area contributed by atoms with Crippen molar-refractivity contribution in [2.75, 3.05) is 12.9 Å². The Labute approximate surface area is 108 Å². The molecule has 17 heavy (non-hydrogen) atoms. The van der Waals surface area contributed by atoms with E-state index >= 15 is 0 Å². The van der Waals surface area contributed by atoms with Gasteiger partial charge < -0.3 is 14.9 Å². The average molecular weight is 256 g/mol. The maximum absolute atomic E-state index is 10.0. The van der Waals surface area contributed by atoms with Gasteiger partial charge in [-0.25, -0.2) is 0 Å². The number of hydrogen-bond acceptors (Lipinski definition) is 4. The van der Waals surface area contributed by atoms with E-state index in [1.165, 1.54) is 0 Å². The van der Waals surface area contributed by atoms with Crippen LogP contribution in [0.5, 0.6) is 5.75 Å². The van der Waals surface area contributed by atoms with Crippen LogP contribution in [0.4, 0.5) is 0 Å². The Morgan fingerprint density at radius 2 is 1.76 bits per heavy atom. The summed E-state index contributed by atoms with van der Waals surface area (Å²) in [7, 11) is 1.63. The van der Waals surface area contributed by atoms with Crippen molar-refractivity contribution < 1.29 is 14.9 Å². The third-order valence-electron chi connectivity index (χ3n) is 2.82. The van der Waals surface area contributed by atoms with Crippen LogP contribution in [0.2, 0.25) is 0 Å². The first-order valence-corrected chi connectivity index (χ1v) is 6.26. The fourth-order valence-electron chi connectivity index (χ4n) is 1.99. The predicted octanol–water partition coefficient (Wildman–Crippen LogP) is 2.03.